The van der Waals surface area contributed by atoms with Gasteiger partial charge in [0.25, 0.3) is 0 Å². The van der Waals surface area contributed by atoms with Gasteiger partial charge >= 0.3 is 0 Å². The normalized spacial score (nSPS) is 12.7. The Bertz CT molecular complexity index is 437. The average Bonchev–Trinajstić information content (AvgIpc) is 2.94. The van der Waals surface area contributed by atoms with Gasteiger partial charge in [-0.15, -0.1) is 0 Å². The zero-order valence-electron chi connectivity index (χ0n) is 12.9. The van der Waals surface area contributed by atoms with Gasteiger partial charge < -0.3 is 24.3 Å². The first-order valence-electron chi connectivity index (χ1n) is 7.69. The molecule has 2 rings (SSSR count). The maximum Gasteiger partial charge on any atom is 0.231 e. The van der Waals surface area contributed by atoms with Gasteiger partial charge in [-0.2, -0.15) is 0 Å². The number of nitrogens with one attached hydrogen (secondary N) is 1. The van der Waals surface area contributed by atoms with E-state index in [1.165, 1.54) is 0 Å². The summed E-state index contributed by atoms with van der Waals surface area (Å²) in [5.41, 5.74) is 1.09. The molecule has 21 heavy (non-hydrogen) atoms. The van der Waals surface area contributed by atoms with Gasteiger partial charge in [0.2, 0.25) is 6.79 Å². The summed E-state index contributed by atoms with van der Waals surface area (Å²) in [6.45, 7) is 8.18. The first-order valence-corrected chi connectivity index (χ1v) is 7.69. The predicted molar refractivity (Wildman–Crippen MR) is 81.2 cm³/mol. The fourth-order valence-electron chi connectivity index (χ4n) is 2.09. The van der Waals surface area contributed by atoms with Gasteiger partial charge in [0.15, 0.2) is 11.5 Å². The lowest BCUT2D eigenvalue weighted by atomic mass is 10.1. The fourth-order valence-corrected chi connectivity index (χ4v) is 2.09. The van der Waals surface area contributed by atoms with Crippen molar-refractivity contribution in [3.63, 3.8) is 0 Å². The molecule has 0 radical (unpaired) electrons. The average molecular weight is 295 g/mol. The summed E-state index contributed by atoms with van der Waals surface area (Å²) in [7, 11) is 0. The molecule has 5 heteroatoms. The number of benzene rings is 1. The van der Waals surface area contributed by atoms with Gasteiger partial charge in [0.1, 0.15) is 12.4 Å². The van der Waals surface area contributed by atoms with Crippen molar-refractivity contribution in [2.45, 2.75) is 33.2 Å². The number of hydrogen-bond acceptors (Lipinski definition) is 5. The SMILES string of the molecule is CCCNCc1cc2c(cc1OCCOCCC)OCO2. The molecular formula is C16H25NO4. The molecule has 0 unspecified atom stereocenters. The second kappa shape index (κ2) is 8.74. The predicted octanol–water partition coefficient (Wildman–Crippen LogP) is 2.72. The van der Waals surface area contributed by atoms with E-state index in [0.717, 1.165) is 55.4 Å². The van der Waals surface area contributed by atoms with Crippen molar-refractivity contribution in [3.05, 3.63) is 17.7 Å². The van der Waals surface area contributed by atoms with E-state index in [1.54, 1.807) is 0 Å². The van der Waals surface area contributed by atoms with Crippen molar-refractivity contribution in [3.8, 4) is 17.2 Å². The van der Waals surface area contributed by atoms with Crippen molar-refractivity contribution in [1.29, 1.82) is 0 Å². The van der Waals surface area contributed by atoms with Crippen LogP contribution in [-0.2, 0) is 11.3 Å². The molecule has 1 N–H and O–H groups in total. The second-order valence-corrected chi connectivity index (χ2v) is 4.95. The molecule has 0 spiro atoms. The van der Waals surface area contributed by atoms with Crippen molar-refractivity contribution in [1.82, 2.24) is 5.32 Å². The maximum absolute atomic E-state index is 5.84. The van der Waals surface area contributed by atoms with Crippen LogP contribution in [0.1, 0.15) is 32.3 Å². The number of fused-ring (bicyclic) bond motifs is 1. The number of ether oxygens (including phenoxy) is 4. The Morgan fingerprint density at radius 2 is 1.86 bits per heavy atom. The highest BCUT2D eigenvalue weighted by atomic mass is 16.7. The smallest absolute Gasteiger partial charge is 0.231 e. The molecule has 1 heterocycles. The van der Waals surface area contributed by atoms with E-state index < -0.39 is 0 Å². The van der Waals surface area contributed by atoms with E-state index >= 15 is 0 Å². The molecule has 0 saturated carbocycles. The van der Waals surface area contributed by atoms with Gasteiger partial charge in [-0.05, 0) is 25.5 Å². The zero-order valence-corrected chi connectivity index (χ0v) is 12.9. The lowest BCUT2D eigenvalue weighted by Crippen LogP contribution is -2.15. The van der Waals surface area contributed by atoms with Crippen LogP contribution in [0.25, 0.3) is 0 Å². The first kappa shape index (κ1) is 15.9. The third kappa shape index (κ3) is 4.79. The summed E-state index contributed by atoms with van der Waals surface area (Å²) < 4.78 is 22.1. The van der Waals surface area contributed by atoms with Gasteiger partial charge in [-0.1, -0.05) is 13.8 Å². The van der Waals surface area contributed by atoms with Crippen molar-refractivity contribution < 1.29 is 18.9 Å². The van der Waals surface area contributed by atoms with Crippen LogP contribution >= 0.6 is 0 Å². The van der Waals surface area contributed by atoms with Crippen molar-refractivity contribution in [2.24, 2.45) is 0 Å². The molecule has 5 nitrogen and oxygen atoms in total. The van der Waals surface area contributed by atoms with Gasteiger partial charge in [0.05, 0.1) is 6.61 Å². The molecule has 0 fully saturated rings. The van der Waals surface area contributed by atoms with Gasteiger partial charge in [-0.3, -0.25) is 0 Å². The second-order valence-electron chi connectivity index (χ2n) is 4.95. The molecule has 1 aliphatic rings. The number of hydrogen-bond donors (Lipinski definition) is 1. The number of rotatable bonds is 10. The highest BCUT2D eigenvalue weighted by Gasteiger charge is 2.17. The van der Waals surface area contributed by atoms with Crippen LogP contribution in [0, 0.1) is 0 Å². The van der Waals surface area contributed by atoms with Crippen molar-refractivity contribution >= 4 is 0 Å². The lowest BCUT2D eigenvalue weighted by Gasteiger charge is -2.13. The Kier molecular flexibility index (Phi) is 6.63. The molecule has 0 bridgehead atoms. The van der Waals surface area contributed by atoms with Crippen LogP contribution in [0.2, 0.25) is 0 Å². The van der Waals surface area contributed by atoms with E-state index in [9.17, 15) is 0 Å². The van der Waals surface area contributed by atoms with Crippen LogP contribution in [0.5, 0.6) is 17.2 Å². The minimum atomic E-state index is 0.278. The largest absolute Gasteiger partial charge is 0.491 e. The monoisotopic (exact) mass is 295 g/mol. The van der Waals surface area contributed by atoms with Gasteiger partial charge in [-0.25, -0.2) is 0 Å². The van der Waals surface area contributed by atoms with E-state index in [1.807, 2.05) is 12.1 Å². The lowest BCUT2D eigenvalue weighted by molar-refractivity contribution is 0.100. The summed E-state index contributed by atoms with van der Waals surface area (Å²) in [6, 6.07) is 3.90. The van der Waals surface area contributed by atoms with Crippen LogP contribution in [0.15, 0.2) is 12.1 Å². The molecule has 0 amide bonds. The molecule has 118 valence electrons. The molecule has 1 aromatic rings. The third-order valence-electron chi connectivity index (χ3n) is 3.13. The van der Waals surface area contributed by atoms with Crippen LogP contribution in [0.3, 0.4) is 0 Å². The minimum absolute atomic E-state index is 0.278. The molecule has 1 aliphatic heterocycles. The van der Waals surface area contributed by atoms with E-state index in [4.69, 9.17) is 18.9 Å². The highest BCUT2D eigenvalue weighted by molar-refractivity contribution is 5.51. The fraction of sp³-hybridized carbons (Fsp3) is 0.625. The molecule has 1 aromatic carbocycles. The first-order chi connectivity index (χ1) is 10.3. The molecule has 0 atom stereocenters. The van der Waals surface area contributed by atoms with Gasteiger partial charge in [0, 0.05) is 24.8 Å². The van der Waals surface area contributed by atoms with Crippen LogP contribution < -0.4 is 19.5 Å². The van der Waals surface area contributed by atoms with E-state index in [-0.39, 0.29) is 6.79 Å². The Labute approximate surface area is 126 Å². The van der Waals surface area contributed by atoms with Crippen LogP contribution in [-0.4, -0.2) is 33.2 Å². The summed E-state index contributed by atoms with van der Waals surface area (Å²) in [6.07, 6.45) is 2.13. The van der Waals surface area contributed by atoms with E-state index in [2.05, 4.69) is 19.2 Å². The highest BCUT2D eigenvalue weighted by Crippen LogP contribution is 2.38. The Balaban J connectivity index is 1.95. The third-order valence-corrected chi connectivity index (χ3v) is 3.13. The summed E-state index contributed by atoms with van der Waals surface area (Å²) in [5.74, 6) is 2.37. The molecular weight excluding hydrogens is 270 g/mol. The summed E-state index contributed by atoms with van der Waals surface area (Å²) >= 11 is 0. The summed E-state index contributed by atoms with van der Waals surface area (Å²) in [4.78, 5) is 0. The Hall–Kier alpha value is -1.46. The topological polar surface area (TPSA) is 49.0 Å². The Morgan fingerprint density at radius 1 is 1.05 bits per heavy atom. The maximum atomic E-state index is 5.84. The van der Waals surface area contributed by atoms with Crippen LogP contribution in [0.4, 0.5) is 0 Å². The minimum Gasteiger partial charge on any atom is -0.491 e. The van der Waals surface area contributed by atoms with E-state index in [0.29, 0.717) is 13.2 Å². The molecule has 0 saturated heterocycles. The standard InChI is InChI=1S/C16H25NO4/c1-3-5-17-11-13-9-15-16(21-12-20-15)10-14(13)19-8-7-18-6-4-2/h9-10,17H,3-8,11-12H2,1-2H3. The van der Waals surface area contributed by atoms with Crippen molar-refractivity contribution in [2.75, 3.05) is 33.2 Å². The molecule has 0 aromatic heterocycles. The molecule has 0 aliphatic carbocycles. The summed E-state index contributed by atoms with van der Waals surface area (Å²) in [5, 5.41) is 3.39. The Morgan fingerprint density at radius 3 is 2.62 bits per heavy atom. The quantitative estimate of drug-likeness (QED) is 0.673. The zero-order chi connectivity index (χ0) is 14.9.